The summed E-state index contributed by atoms with van der Waals surface area (Å²) in [5, 5.41) is 15.6. The first-order valence-corrected chi connectivity index (χ1v) is 9.32. The van der Waals surface area contributed by atoms with Crippen molar-refractivity contribution in [3.05, 3.63) is 0 Å². The number of ether oxygens (including phenoxy) is 1. The van der Waals surface area contributed by atoms with Crippen LogP contribution >= 0.6 is 0 Å². The second-order valence-corrected chi connectivity index (χ2v) is 7.06. The summed E-state index contributed by atoms with van der Waals surface area (Å²) >= 11 is 0. The van der Waals surface area contributed by atoms with Crippen molar-refractivity contribution in [2.45, 2.75) is 89.4 Å². The molecule has 26 heavy (non-hydrogen) atoms. The van der Waals surface area contributed by atoms with Gasteiger partial charge in [0, 0.05) is 12.1 Å². The Labute approximate surface area is 152 Å². The molecule has 3 atom stereocenters. The predicted molar refractivity (Wildman–Crippen MR) is 91.1 cm³/mol. The van der Waals surface area contributed by atoms with E-state index in [-0.39, 0.29) is 43.4 Å². The van der Waals surface area contributed by atoms with Gasteiger partial charge in [-0.05, 0) is 52.0 Å². The molecule has 7 nitrogen and oxygen atoms in total. The fourth-order valence-electron chi connectivity index (χ4n) is 3.44. The first-order valence-electron chi connectivity index (χ1n) is 9.32. The number of urea groups is 1. The maximum absolute atomic E-state index is 12.2. The minimum absolute atomic E-state index is 0.117. The van der Waals surface area contributed by atoms with Crippen molar-refractivity contribution in [3.63, 3.8) is 0 Å². The van der Waals surface area contributed by atoms with Crippen LogP contribution in [0.1, 0.15) is 52.4 Å². The van der Waals surface area contributed by atoms with Crippen molar-refractivity contribution in [3.8, 4) is 0 Å². The minimum atomic E-state index is -4.60. The lowest BCUT2D eigenvalue weighted by Crippen LogP contribution is -2.68. The predicted octanol–water partition coefficient (Wildman–Crippen LogP) is 1.71. The van der Waals surface area contributed by atoms with Crippen LogP contribution in [0.4, 0.5) is 18.0 Å². The molecule has 1 aliphatic heterocycles. The summed E-state index contributed by atoms with van der Waals surface area (Å²) in [6.07, 6.45) is -2.22. The van der Waals surface area contributed by atoms with Gasteiger partial charge in [0.2, 0.25) is 0 Å². The van der Waals surface area contributed by atoms with E-state index in [9.17, 15) is 18.0 Å². The Morgan fingerprint density at radius 2 is 1.85 bits per heavy atom. The van der Waals surface area contributed by atoms with Crippen LogP contribution in [0.2, 0.25) is 0 Å². The zero-order chi connectivity index (χ0) is 19.2. The van der Waals surface area contributed by atoms with Crippen molar-refractivity contribution in [1.82, 2.24) is 26.6 Å². The molecule has 2 rings (SSSR count). The van der Waals surface area contributed by atoms with E-state index in [4.69, 9.17) is 0 Å². The Bertz CT molecular complexity index is 444. The topological polar surface area (TPSA) is 86.5 Å². The first-order chi connectivity index (χ1) is 12.2. The number of carbonyl (C=O) groups excluding carboxylic acids is 1. The smallest absolute Gasteiger partial charge is 0.335 e. The number of amides is 2. The van der Waals surface area contributed by atoms with E-state index in [1.807, 2.05) is 0 Å². The zero-order valence-corrected chi connectivity index (χ0v) is 15.3. The van der Waals surface area contributed by atoms with Crippen molar-refractivity contribution in [1.29, 1.82) is 0 Å². The second-order valence-electron chi connectivity index (χ2n) is 7.06. The standard InChI is InChI=1S/C16H30F3N5O2/c1-3-8-20-13-9-10(2)21-14(23-13)24-15(25)22-11-4-6-12(7-5-11)26-16(17,18)19/h10-14,20-21,23H,3-9H2,1-2H3,(H2,22,24,25). The second kappa shape index (κ2) is 9.72. The maximum atomic E-state index is 12.2. The highest BCUT2D eigenvalue weighted by atomic mass is 19.4. The molecule has 1 saturated carbocycles. The third-order valence-corrected chi connectivity index (χ3v) is 4.63. The molecular formula is C16H30F3N5O2. The van der Waals surface area contributed by atoms with E-state index in [0.29, 0.717) is 12.8 Å². The largest absolute Gasteiger partial charge is 0.522 e. The summed E-state index contributed by atoms with van der Waals surface area (Å²) in [6.45, 7) is 5.04. The SMILES string of the molecule is CCCNC1CC(C)NC(NC(=O)NC2CCC(OC(F)(F)F)CC2)N1. The van der Waals surface area contributed by atoms with Crippen LogP contribution in [0.25, 0.3) is 0 Å². The van der Waals surface area contributed by atoms with Gasteiger partial charge in [-0.3, -0.25) is 15.4 Å². The summed E-state index contributed by atoms with van der Waals surface area (Å²) in [6, 6.07) is -0.234. The maximum Gasteiger partial charge on any atom is 0.522 e. The highest BCUT2D eigenvalue weighted by molar-refractivity contribution is 5.74. The molecule has 0 aromatic rings. The van der Waals surface area contributed by atoms with Gasteiger partial charge >= 0.3 is 12.4 Å². The molecule has 2 amide bonds. The Morgan fingerprint density at radius 1 is 1.15 bits per heavy atom. The van der Waals surface area contributed by atoms with E-state index in [1.54, 1.807) is 0 Å². The van der Waals surface area contributed by atoms with Crippen molar-refractivity contribution in [2.75, 3.05) is 6.54 Å². The molecule has 0 spiro atoms. The van der Waals surface area contributed by atoms with E-state index < -0.39 is 12.5 Å². The average Bonchev–Trinajstić information content (AvgIpc) is 2.53. The summed E-state index contributed by atoms with van der Waals surface area (Å²) in [4.78, 5) is 12.2. The van der Waals surface area contributed by atoms with Gasteiger partial charge in [0.05, 0.1) is 12.3 Å². The molecule has 152 valence electrons. The lowest BCUT2D eigenvalue weighted by molar-refractivity contribution is -0.345. The molecule has 1 aliphatic carbocycles. The Kier molecular flexibility index (Phi) is 7.93. The molecule has 2 fully saturated rings. The third kappa shape index (κ3) is 7.65. The van der Waals surface area contributed by atoms with Crippen LogP contribution < -0.4 is 26.6 Å². The lowest BCUT2D eigenvalue weighted by atomic mass is 9.93. The lowest BCUT2D eigenvalue weighted by Gasteiger charge is -2.37. The number of rotatable bonds is 6. The summed E-state index contributed by atoms with van der Waals surface area (Å²) in [7, 11) is 0. The van der Waals surface area contributed by atoms with E-state index >= 15 is 0 Å². The number of nitrogens with one attached hydrogen (secondary N) is 5. The van der Waals surface area contributed by atoms with Gasteiger partial charge in [0.25, 0.3) is 0 Å². The van der Waals surface area contributed by atoms with Gasteiger partial charge in [-0.1, -0.05) is 6.92 Å². The Morgan fingerprint density at radius 3 is 2.46 bits per heavy atom. The third-order valence-electron chi connectivity index (χ3n) is 4.63. The number of alkyl halides is 3. The molecule has 0 bridgehead atoms. The molecule has 1 heterocycles. The Balaban J connectivity index is 1.70. The molecule has 0 radical (unpaired) electrons. The van der Waals surface area contributed by atoms with Crippen molar-refractivity contribution < 1.29 is 22.7 Å². The summed E-state index contributed by atoms with van der Waals surface area (Å²) in [5.74, 6) is 0. The Hall–Kier alpha value is -1.10. The van der Waals surface area contributed by atoms with Gasteiger partial charge in [-0.15, -0.1) is 13.2 Å². The van der Waals surface area contributed by atoms with E-state index in [2.05, 4.69) is 45.2 Å². The molecule has 0 aromatic heterocycles. The molecular weight excluding hydrogens is 351 g/mol. The molecule has 10 heteroatoms. The van der Waals surface area contributed by atoms with Gasteiger partial charge in [0.15, 0.2) is 0 Å². The molecule has 2 aliphatic rings. The van der Waals surface area contributed by atoms with Gasteiger partial charge in [-0.2, -0.15) is 0 Å². The number of carbonyl (C=O) groups is 1. The number of halogens is 3. The van der Waals surface area contributed by atoms with Gasteiger partial charge < -0.3 is 16.0 Å². The van der Waals surface area contributed by atoms with E-state index in [0.717, 1.165) is 19.4 Å². The van der Waals surface area contributed by atoms with Gasteiger partial charge in [-0.25, -0.2) is 4.79 Å². The van der Waals surface area contributed by atoms with Crippen LogP contribution in [-0.2, 0) is 4.74 Å². The normalized spacial score (nSPS) is 32.9. The van der Waals surface area contributed by atoms with Gasteiger partial charge in [0.1, 0.15) is 6.29 Å². The van der Waals surface area contributed by atoms with Crippen LogP contribution in [0.3, 0.4) is 0 Å². The number of hydrogen-bond acceptors (Lipinski definition) is 5. The fourth-order valence-corrected chi connectivity index (χ4v) is 3.44. The highest BCUT2D eigenvalue weighted by Gasteiger charge is 2.35. The van der Waals surface area contributed by atoms with Crippen LogP contribution in [0.15, 0.2) is 0 Å². The van der Waals surface area contributed by atoms with Crippen LogP contribution in [-0.4, -0.2) is 49.6 Å². The molecule has 3 unspecified atom stereocenters. The molecule has 5 N–H and O–H groups in total. The average molecular weight is 381 g/mol. The first kappa shape index (κ1) is 21.2. The van der Waals surface area contributed by atoms with Crippen molar-refractivity contribution >= 4 is 6.03 Å². The summed E-state index contributed by atoms with van der Waals surface area (Å²) < 4.78 is 40.7. The summed E-state index contributed by atoms with van der Waals surface area (Å²) in [5.41, 5.74) is 0. The van der Waals surface area contributed by atoms with Crippen LogP contribution in [0.5, 0.6) is 0 Å². The van der Waals surface area contributed by atoms with E-state index in [1.165, 1.54) is 0 Å². The zero-order valence-electron chi connectivity index (χ0n) is 15.3. The fraction of sp³-hybridized carbons (Fsp3) is 0.938. The number of hydrogen-bond donors (Lipinski definition) is 5. The molecule has 1 saturated heterocycles. The van der Waals surface area contributed by atoms with Crippen LogP contribution in [0, 0.1) is 0 Å². The minimum Gasteiger partial charge on any atom is -0.335 e. The molecule has 0 aromatic carbocycles. The quantitative estimate of drug-likeness (QED) is 0.484. The van der Waals surface area contributed by atoms with Crippen molar-refractivity contribution in [2.24, 2.45) is 0 Å². The highest BCUT2D eigenvalue weighted by Crippen LogP contribution is 2.27. The monoisotopic (exact) mass is 381 g/mol.